The van der Waals surface area contributed by atoms with Crippen LogP contribution in [0.3, 0.4) is 0 Å². The first-order valence-corrected chi connectivity index (χ1v) is 7.34. The Morgan fingerprint density at radius 2 is 2.05 bits per heavy atom. The lowest BCUT2D eigenvalue weighted by molar-refractivity contribution is 0.547. The van der Waals surface area contributed by atoms with Gasteiger partial charge in [0.05, 0.1) is 17.9 Å². The molecule has 0 unspecified atom stereocenters. The van der Waals surface area contributed by atoms with Gasteiger partial charge in [-0.05, 0) is 24.6 Å². The number of pyridine rings is 1. The van der Waals surface area contributed by atoms with Crippen LogP contribution in [0.1, 0.15) is 38.0 Å². The molecule has 2 rings (SSSR count). The fourth-order valence-electron chi connectivity index (χ4n) is 2.18. The summed E-state index contributed by atoms with van der Waals surface area (Å²) in [7, 11) is 0. The van der Waals surface area contributed by atoms with Gasteiger partial charge in [0.25, 0.3) is 0 Å². The number of hydrogen-bond donors (Lipinski definition) is 1. The van der Waals surface area contributed by atoms with E-state index in [4.69, 9.17) is 4.98 Å². The third-order valence-corrected chi connectivity index (χ3v) is 3.17. The third-order valence-electron chi connectivity index (χ3n) is 3.17. The minimum atomic E-state index is 0.663. The summed E-state index contributed by atoms with van der Waals surface area (Å²) in [6.07, 6.45) is 4.82. The molecule has 0 bridgehead atoms. The summed E-state index contributed by atoms with van der Waals surface area (Å²) in [4.78, 5) is 9.05. The van der Waals surface area contributed by atoms with E-state index in [1.807, 2.05) is 12.4 Å². The average molecular weight is 272 g/mol. The molecule has 4 nitrogen and oxygen atoms in total. The number of rotatable bonds is 7. The normalized spacial score (nSPS) is 11.2. The van der Waals surface area contributed by atoms with Crippen molar-refractivity contribution >= 4 is 0 Å². The van der Waals surface area contributed by atoms with Gasteiger partial charge in [-0.25, -0.2) is 4.98 Å². The Morgan fingerprint density at radius 3 is 2.80 bits per heavy atom. The van der Waals surface area contributed by atoms with Gasteiger partial charge >= 0.3 is 0 Å². The lowest BCUT2D eigenvalue weighted by Crippen LogP contribution is -2.20. The van der Waals surface area contributed by atoms with E-state index in [0.717, 1.165) is 43.3 Å². The zero-order chi connectivity index (χ0) is 14.4. The maximum Gasteiger partial charge on any atom is 0.108 e. The van der Waals surface area contributed by atoms with Gasteiger partial charge in [-0.15, -0.1) is 0 Å². The molecule has 108 valence electrons. The number of hydrogen-bond acceptors (Lipinski definition) is 3. The summed E-state index contributed by atoms with van der Waals surface area (Å²) in [6, 6.07) is 6.23. The highest BCUT2D eigenvalue weighted by molar-refractivity contribution is 5.12. The monoisotopic (exact) mass is 272 g/mol. The van der Waals surface area contributed by atoms with Crippen LogP contribution in [0.5, 0.6) is 0 Å². The lowest BCUT2D eigenvalue weighted by atomic mass is 10.2. The molecular formula is C16H24N4. The van der Waals surface area contributed by atoms with E-state index in [0.29, 0.717) is 5.92 Å². The molecule has 0 atom stereocenters. The summed E-state index contributed by atoms with van der Waals surface area (Å²) in [5.41, 5.74) is 2.18. The summed E-state index contributed by atoms with van der Waals surface area (Å²) >= 11 is 0. The van der Waals surface area contributed by atoms with E-state index in [2.05, 4.69) is 53.8 Å². The smallest absolute Gasteiger partial charge is 0.108 e. The molecule has 0 amide bonds. The van der Waals surface area contributed by atoms with E-state index in [1.165, 1.54) is 0 Å². The highest BCUT2D eigenvalue weighted by atomic mass is 15.1. The Hall–Kier alpha value is -1.68. The Morgan fingerprint density at radius 1 is 1.25 bits per heavy atom. The molecule has 0 radical (unpaired) electrons. The molecule has 4 heteroatoms. The molecule has 0 fully saturated rings. The Labute approximate surface area is 121 Å². The van der Waals surface area contributed by atoms with Crippen molar-refractivity contribution in [2.24, 2.45) is 5.92 Å². The van der Waals surface area contributed by atoms with Crippen LogP contribution in [-0.2, 0) is 19.5 Å². The zero-order valence-electron chi connectivity index (χ0n) is 12.6. The SMILES string of the molecule is CCc1nccn1Cc1cccc(CNCC(C)C)n1. The summed E-state index contributed by atoms with van der Waals surface area (Å²) in [5, 5.41) is 3.43. The second kappa shape index (κ2) is 7.20. The second-order valence-corrected chi connectivity index (χ2v) is 5.47. The number of imidazole rings is 1. The molecule has 0 saturated heterocycles. The third kappa shape index (κ3) is 4.17. The van der Waals surface area contributed by atoms with Crippen molar-refractivity contribution in [2.45, 2.75) is 40.3 Å². The molecular weight excluding hydrogens is 248 g/mol. The quantitative estimate of drug-likeness (QED) is 0.842. The molecule has 0 aliphatic rings. The van der Waals surface area contributed by atoms with E-state index < -0.39 is 0 Å². The summed E-state index contributed by atoms with van der Waals surface area (Å²) in [6.45, 7) is 9.19. The zero-order valence-corrected chi connectivity index (χ0v) is 12.6. The van der Waals surface area contributed by atoms with Gasteiger partial charge in [0, 0.05) is 25.4 Å². The topological polar surface area (TPSA) is 42.7 Å². The van der Waals surface area contributed by atoms with Crippen molar-refractivity contribution < 1.29 is 0 Å². The van der Waals surface area contributed by atoms with Crippen LogP contribution in [0.2, 0.25) is 0 Å². The highest BCUT2D eigenvalue weighted by Crippen LogP contribution is 2.06. The van der Waals surface area contributed by atoms with E-state index >= 15 is 0 Å². The van der Waals surface area contributed by atoms with Crippen LogP contribution in [-0.4, -0.2) is 21.1 Å². The van der Waals surface area contributed by atoms with Gasteiger partial charge in [0.15, 0.2) is 0 Å². The average Bonchev–Trinajstić information content (AvgIpc) is 2.86. The van der Waals surface area contributed by atoms with Crippen molar-refractivity contribution in [3.05, 3.63) is 47.8 Å². The van der Waals surface area contributed by atoms with E-state index in [1.54, 1.807) is 0 Å². The minimum Gasteiger partial charge on any atom is -0.329 e. The van der Waals surface area contributed by atoms with Gasteiger partial charge < -0.3 is 9.88 Å². The Kier molecular flexibility index (Phi) is 5.30. The first-order valence-electron chi connectivity index (χ1n) is 7.34. The van der Waals surface area contributed by atoms with Crippen LogP contribution in [0.15, 0.2) is 30.6 Å². The van der Waals surface area contributed by atoms with Crippen molar-refractivity contribution in [2.75, 3.05) is 6.54 Å². The molecule has 0 aromatic carbocycles. The van der Waals surface area contributed by atoms with Gasteiger partial charge in [-0.1, -0.05) is 26.8 Å². The van der Waals surface area contributed by atoms with Crippen LogP contribution in [0, 0.1) is 5.92 Å². The number of aryl methyl sites for hydroxylation is 1. The first kappa shape index (κ1) is 14.7. The number of nitrogens with zero attached hydrogens (tertiary/aromatic N) is 3. The molecule has 2 heterocycles. The van der Waals surface area contributed by atoms with Crippen molar-refractivity contribution in [1.29, 1.82) is 0 Å². The number of nitrogens with one attached hydrogen (secondary N) is 1. The van der Waals surface area contributed by atoms with Crippen LogP contribution < -0.4 is 5.32 Å². The Balaban J connectivity index is 1.99. The summed E-state index contributed by atoms with van der Waals surface area (Å²) in [5.74, 6) is 1.77. The van der Waals surface area contributed by atoms with E-state index in [-0.39, 0.29) is 0 Å². The molecule has 2 aromatic rings. The molecule has 1 N–H and O–H groups in total. The molecule has 0 aliphatic heterocycles. The molecule has 0 aliphatic carbocycles. The number of aromatic nitrogens is 3. The highest BCUT2D eigenvalue weighted by Gasteiger charge is 2.03. The summed E-state index contributed by atoms with van der Waals surface area (Å²) < 4.78 is 2.16. The molecule has 2 aromatic heterocycles. The van der Waals surface area contributed by atoms with Crippen LogP contribution in [0.25, 0.3) is 0 Å². The molecule has 20 heavy (non-hydrogen) atoms. The van der Waals surface area contributed by atoms with Gasteiger partial charge in [-0.3, -0.25) is 4.98 Å². The molecule has 0 spiro atoms. The standard InChI is InChI=1S/C16H24N4/c1-4-16-18-8-9-20(16)12-15-7-5-6-14(19-15)11-17-10-13(2)3/h5-9,13,17H,4,10-12H2,1-3H3. The first-order chi connectivity index (χ1) is 9.69. The van der Waals surface area contributed by atoms with Gasteiger partial charge in [0.1, 0.15) is 5.82 Å². The maximum absolute atomic E-state index is 4.71. The van der Waals surface area contributed by atoms with Crippen molar-refractivity contribution in [3.63, 3.8) is 0 Å². The van der Waals surface area contributed by atoms with Crippen molar-refractivity contribution in [1.82, 2.24) is 19.9 Å². The minimum absolute atomic E-state index is 0.663. The largest absolute Gasteiger partial charge is 0.329 e. The van der Waals surface area contributed by atoms with E-state index in [9.17, 15) is 0 Å². The fourth-order valence-corrected chi connectivity index (χ4v) is 2.18. The molecule has 0 saturated carbocycles. The van der Waals surface area contributed by atoms with Crippen LogP contribution >= 0.6 is 0 Å². The Bertz CT molecular complexity index is 531. The fraction of sp³-hybridized carbons (Fsp3) is 0.500. The lowest BCUT2D eigenvalue weighted by Gasteiger charge is -2.09. The van der Waals surface area contributed by atoms with Crippen molar-refractivity contribution in [3.8, 4) is 0 Å². The maximum atomic E-state index is 4.71. The van der Waals surface area contributed by atoms with Gasteiger partial charge in [0.2, 0.25) is 0 Å². The van der Waals surface area contributed by atoms with Crippen LogP contribution in [0.4, 0.5) is 0 Å². The van der Waals surface area contributed by atoms with Gasteiger partial charge in [-0.2, -0.15) is 0 Å². The predicted octanol–water partition coefficient (Wildman–Crippen LogP) is 2.63. The second-order valence-electron chi connectivity index (χ2n) is 5.47. The predicted molar refractivity (Wildman–Crippen MR) is 81.5 cm³/mol.